The molecule has 1 aromatic carbocycles. The molecule has 0 radical (unpaired) electrons. The number of benzene rings is 1. The van der Waals surface area contributed by atoms with E-state index in [1.165, 1.54) is 11.1 Å². The monoisotopic (exact) mass is 284 g/mol. The van der Waals surface area contributed by atoms with Crippen LogP contribution in [-0.2, 0) is 0 Å². The lowest BCUT2D eigenvalue weighted by atomic mass is 10.1. The number of anilines is 2. The number of aromatic nitrogens is 1. The van der Waals surface area contributed by atoms with Gasteiger partial charge >= 0.3 is 0 Å². The van der Waals surface area contributed by atoms with Gasteiger partial charge in [-0.3, -0.25) is 4.98 Å². The minimum Gasteiger partial charge on any atom is -0.398 e. The van der Waals surface area contributed by atoms with Gasteiger partial charge < -0.3 is 15.5 Å². The van der Waals surface area contributed by atoms with Gasteiger partial charge in [0.15, 0.2) is 0 Å². The van der Waals surface area contributed by atoms with Gasteiger partial charge in [-0.1, -0.05) is 6.92 Å². The van der Waals surface area contributed by atoms with Gasteiger partial charge in [0.1, 0.15) is 0 Å². The molecule has 1 aliphatic rings. The number of fused-ring (bicyclic) bond motifs is 1. The number of hydrogen-bond acceptors (Lipinski definition) is 4. The van der Waals surface area contributed by atoms with Crippen LogP contribution >= 0.6 is 0 Å². The average Bonchev–Trinajstić information content (AvgIpc) is 2.81. The largest absolute Gasteiger partial charge is 0.398 e. The van der Waals surface area contributed by atoms with Crippen LogP contribution in [-0.4, -0.2) is 43.1 Å². The molecular weight excluding hydrogens is 260 g/mol. The molecule has 1 saturated heterocycles. The molecule has 0 bridgehead atoms. The summed E-state index contributed by atoms with van der Waals surface area (Å²) in [7, 11) is 4.33. The third kappa shape index (κ3) is 2.44. The molecule has 2 heterocycles. The molecule has 2 aromatic rings. The van der Waals surface area contributed by atoms with E-state index in [2.05, 4.69) is 47.9 Å². The predicted molar refractivity (Wildman–Crippen MR) is 89.7 cm³/mol. The first-order chi connectivity index (χ1) is 9.97. The zero-order valence-electron chi connectivity index (χ0n) is 13.3. The number of likely N-dealkylation sites (N-methyl/N-ethyl adjacent to an activating group) is 1. The van der Waals surface area contributed by atoms with Crippen molar-refractivity contribution in [2.45, 2.75) is 19.9 Å². The fourth-order valence-electron chi connectivity index (χ4n) is 3.44. The van der Waals surface area contributed by atoms with Crippen LogP contribution in [0.4, 0.5) is 11.4 Å². The molecule has 1 fully saturated rings. The number of pyridine rings is 1. The molecule has 0 aliphatic carbocycles. The number of nitrogens with two attached hydrogens (primary N) is 1. The maximum absolute atomic E-state index is 6.11. The van der Waals surface area contributed by atoms with E-state index in [9.17, 15) is 0 Å². The lowest BCUT2D eigenvalue weighted by Gasteiger charge is -2.24. The first-order valence-corrected chi connectivity index (χ1v) is 7.53. The van der Waals surface area contributed by atoms with Crippen LogP contribution in [0.5, 0.6) is 0 Å². The lowest BCUT2D eigenvalue weighted by Crippen LogP contribution is -2.34. The van der Waals surface area contributed by atoms with Gasteiger partial charge in [0.2, 0.25) is 0 Å². The fraction of sp³-hybridized carbons (Fsp3) is 0.471. The van der Waals surface area contributed by atoms with Crippen molar-refractivity contribution in [3.63, 3.8) is 0 Å². The van der Waals surface area contributed by atoms with Crippen LogP contribution in [0.2, 0.25) is 0 Å². The topological polar surface area (TPSA) is 45.4 Å². The Morgan fingerprint density at radius 1 is 1.24 bits per heavy atom. The van der Waals surface area contributed by atoms with Gasteiger partial charge in [-0.15, -0.1) is 0 Å². The van der Waals surface area contributed by atoms with Gasteiger partial charge in [0.25, 0.3) is 0 Å². The number of nitrogens with zero attached hydrogens (tertiary/aromatic N) is 3. The summed E-state index contributed by atoms with van der Waals surface area (Å²) < 4.78 is 0. The molecule has 4 heteroatoms. The van der Waals surface area contributed by atoms with E-state index in [0.717, 1.165) is 29.9 Å². The normalized spacial score (nSPS) is 22.4. The Balaban J connectivity index is 2.05. The molecule has 112 valence electrons. The molecule has 2 unspecified atom stereocenters. The summed E-state index contributed by atoms with van der Waals surface area (Å²) >= 11 is 0. The molecule has 2 atom stereocenters. The van der Waals surface area contributed by atoms with Crippen molar-refractivity contribution in [2.75, 3.05) is 37.8 Å². The zero-order valence-corrected chi connectivity index (χ0v) is 13.3. The number of hydrogen-bond donors (Lipinski definition) is 1. The van der Waals surface area contributed by atoms with Crippen LogP contribution < -0.4 is 10.6 Å². The first-order valence-electron chi connectivity index (χ1n) is 7.53. The second-order valence-corrected chi connectivity index (χ2v) is 6.46. The fourth-order valence-corrected chi connectivity index (χ4v) is 3.44. The first kappa shape index (κ1) is 14.1. The van der Waals surface area contributed by atoms with Crippen molar-refractivity contribution in [3.8, 4) is 0 Å². The molecule has 2 N–H and O–H groups in total. The number of aryl methyl sites for hydroxylation is 1. The van der Waals surface area contributed by atoms with Crippen LogP contribution in [0.1, 0.15) is 12.6 Å². The molecule has 4 nitrogen and oxygen atoms in total. The van der Waals surface area contributed by atoms with Crippen LogP contribution in [0.15, 0.2) is 24.4 Å². The maximum Gasteiger partial charge on any atom is 0.0449 e. The van der Waals surface area contributed by atoms with E-state index in [1.54, 1.807) is 0 Å². The second-order valence-electron chi connectivity index (χ2n) is 6.46. The van der Waals surface area contributed by atoms with Gasteiger partial charge in [0.05, 0.1) is 0 Å². The molecule has 0 spiro atoms. The lowest BCUT2D eigenvalue weighted by molar-refractivity contribution is 0.266. The standard InChI is InChI=1S/C17H24N4/c1-11-9-21(10-17(11)20(3)4)16-6-5-15(18)14-8-19-12(2)7-13(14)16/h5-8,11,17H,9-10,18H2,1-4H3. The highest BCUT2D eigenvalue weighted by molar-refractivity contribution is 6.01. The summed E-state index contributed by atoms with van der Waals surface area (Å²) in [4.78, 5) is 9.20. The highest BCUT2D eigenvalue weighted by Gasteiger charge is 2.31. The predicted octanol–water partition coefficient (Wildman–Crippen LogP) is 2.51. The Morgan fingerprint density at radius 3 is 2.67 bits per heavy atom. The molecule has 1 aliphatic heterocycles. The van der Waals surface area contributed by atoms with Crippen molar-refractivity contribution < 1.29 is 0 Å². The van der Waals surface area contributed by atoms with E-state index in [4.69, 9.17) is 5.73 Å². The molecule has 3 rings (SSSR count). The Labute approximate surface area is 126 Å². The molecular formula is C17H24N4. The van der Waals surface area contributed by atoms with Gasteiger partial charge in [0, 0.05) is 53.2 Å². The number of nitrogen functional groups attached to an aromatic ring is 1. The summed E-state index contributed by atoms with van der Waals surface area (Å²) in [6.45, 7) is 6.51. The van der Waals surface area contributed by atoms with E-state index in [1.807, 2.05) is 19.2 Å². The van der Waals surface area contributed by atoms with Gasteiger partial charge in [-0.2, -0.15) is 0 Å². The van der Waals surface area contributed by atoms with Crippen molar-refractivity contribution >= 4 is 22.1 Å². The van der Waals surface area contributed by atoms with Crippen LogP contribution in [0, 0.1) is 12.8 Å². The molecule has 0 saturated carbocycles. The summed E-state index contributed by atoms with van der Waals surface area (Å²) in [6, 6.07) is 6.90. The van der Waals surface area contributed by atoms with E-state index < -0.39 is 0 Å². The third-order valence-corrected chi connectivity index (χ3v) is 4.63. The smallest absolute Gasteiger partial charge is 0.0449 e. The SMILES string of the molecule is Cc1cc2c(N3CC(C)C(N(C)C)C3)ccc(N)c2cn1. The van der Waals surface area contributed by atoms with E-state index in [0.29, 0.717) is 12.0 Å². The molecule has 0 amide bonds. The quantitative estimate of drug-likeness (QED) is 0.861. The summed E-state index contributed by atoms with van der Waals surface area (Å²) in [5, 5.41) is 2.27. The van der Waals surface area contributed by atoms with Crippen LogP contribution in [0.3, 0.4) is 0 Å². The average molecular weight is 284 g/mol. The highest BCUT2D eigenvalue weighted by Crippen LogP contribution is 2.34. The van der Waals surface area contributed by atoms with Crippen LogP contribution in [0.25, 0.3) is 10.8 Å². The summed E-state index contributed by atoms with van der Waals surface area (Å²) in [6.07, 6.45) is 1.90. The van der Waals surface area contributed by atoms with Crippen molar-refractivity contribution in [1.29, 1.82) is 0 Å². The maximum atomic E-state index is 6.11. The molecule has 21 heavy (non-hydrogen) atoms. The van der Waals surface area contributed by atoms with Crippen molar-refractivity contribution in [3.05, 3.63) is 30.1 Å². The minimum absolute atomic E-state index is 0.598. The molecule has 1 aromatic heterocycles. The second kappa shape index (κ2) is 5.19. The Kier molecular flexibility index (Phi) is 3.49. The van der Waals surface area contributed by atoms with Gasteiger partial charge in [-0.25, -0.2) is 0 Å². The van der Waals surface area contributed by atoms with E-state index >= 15 is 0 Å². The number of rotatable bonds is 2. The van der Waals surface area contributed by atoms with Crippen molar-refractivity contribution in [2.24, 2.45) is 5.92 Å². The highest BCUT2D eigenvalue weighted by atomic mass is 15.2. The Hall–Kier alpha value is -1.81. The third-order valence-electron chi connectivity index (χ3n) is 4.63. The van der Waals surface area contributed by atoms with E-state index in [-0.39, 0.29) is 0 Å². The zero-order chi connectivity index (χ0) is 15.1. The summed E-state index contributed by atoms with van der Waals surface area (Å²) in [5.41, 5.74) is 9.23. The van der Waals surface area contributed by atoms with Gasteiger partial charge in [-0.05, 0) is 45.1 Å². The minimum atomic E-state index is 0.598. The van der Waals surface area contributed by atoms with Crippen molar-refractivity contribution in [1.82, 2.24) is 9.88 Å². The Bertz CT molecular complexity index is 665. The Morgan fingerprint density at radius 2 is 2.00 bits per heavy atom. The summed E-state index contributed by atoms with van der Waals surface area (Å²) in [5.74, 6) is 0.663.